The molecule has 1 amide bonds. The normalized spacial score (nSPS) is 26.4. The van der Waals surface area contributed by atoms with E-state index in [4.69, 9.17) is 4.74 Å². The number of hydrogen-bond acceptors (Lipinski definition) is 4. The highest BCUT2D eigenvalue weighted by Gasteiger charge is 2.41. The molecule has 1 heterocycles. The average molecular weight is 507 g/mol. The first-order valence-electron chi connectivity index (χ1n) is 13.3. The molecule has 190 valence electrons. The van der Waals surface area contributed by atoms with Gasteiger partial charge in [-0.1, -0.05) is 42.5 Å². The van der Waals surface area contributed by atoms with Crippen molar-refractivity contribution in [1.82, 2.24) is 9.62 Å². The van der Waals surface area contributed by atoms with Crippen LogP contribution in [0.25, 0.3) is 11.6 Å². The number of benzene rings is 2. The third-order valence-electron chi connectivity index (χ3n) is 8.29. The standard InChI is InChI=1S/C29H34N2O4S/c32-29(31-14-15-35-19-28(31)21-6-7-21)22-8-11-26(12-9-22)30-36(33,34)27-13-10-23-16-24(17-25(23)18-27)20-4-2-1-3-5-20/h1-5,10,13,16,18,21-22,26,28,30H,6-9,11-12,14-15,17,19H2/t22?,26?,28-/m1/s1. The maximum absolute atomic E-state index is 13.3. The summed E-state index contributed by atoms with van der Waals surface area (Å²) in [4.78, 5) is 15.7. The van der Waals surface area contributed by atoms with Crippen LogP contribution in [0.2, 0.25) is 0 Å². The Morgan fingerprint density at radius 2 is 1.75 bits per heavy atom. The second kappa shape index (κ2) is 9.77. The topological polar surface area (TPSA) is 75.7 Å². The number of nitrogens with zero attached hydrogens (tertiary/aromatic N) is 1. The van der Waals surface area contributed by atoms with Gasteiger partial charge in [-0.2, -0.15) is 0 Å². The highest BCUT2D eigenvalue weighted by Crippen LogP contribution is 2.38. The molecule has 1 aliphatic heterocycles. The third kappa shape index (κ3) is 4.89. The van der Waals surface area contributed by atoms with Crippen molar-refractivity contribution in [2.24, 2.45) is 11.8 Å². The number of sulfonamides is 1. The number of carbonyl (C=O) groups is 1. The molecule has 1 N–H and O–H groups in total. The summed E-state index contributed by atoms with van der Waals surface area (Å²) in [6.45, 7) is 1.97. The Morgan fingerprint density at radius 3 is 2.50 bits per heavy atom. The van der Waals surface area contributed by atoms with Crippen molar-refractivity contribution in [3.63, 3.8) is 0 Å². The maximum atomic E-state index is 13.3. The summed E-state index contributed by atoms with van der Waals surface area (Å²) < 4.78 is 35.0. The molecule has 0 aromatic heterocycles. The molecule has 4 aliphatic rings. The average Bonchev–Trinajstić information content (AvgIpc) is 3.67. The summed E-state index contributed by atoms with van der Waals surface area (Å²) in [5.41, 5.74) is 4.50. The number of fused-ring (bicyclic) bond motifs is 1. The Morgan fingerprint density at radius 1 is 0.972 bits per heavy atom. The van der Waals surface area contributed by atoms with E-state index in [0.717, 1.165) is 30.4 Å². The van der Waals surface area contributed by atoms with Crippen LogP contribution in [0.4, 0.5) is 0 Å². The third-order valence-corrected chi connectivity index (χ3v) is 9.81. The molecule has 2 aromatic carbocycles. The Balaban J connectivity index is 1.06. The molecular weight excluding hydrogens is 472 g/mol. The number of carbonyl (C=O) groups excluding carboxylic acids is 1. The van der Waals surface area contributed by atoms with Crippen LogP contribution in [0.5, 0.6) is 0 Å². The largest absolute Gasteiger partial charge is 0.377 e. The number of hydrogen-bond donors (Lipinski definition) is 1. The minimum atomic E-state index is -3.62. The van der Waals surface area contributed by atoms with Gasteiger partial charge >= 0.3 is 0 Å². The van der Waals surface area contributed by atoms with E-state index in [1.54, 1.807) is 6.07 Å². The number of allylic oxidation sites excluding steroid dienone is 1. The van der Waals surface area contributed by atoms with E-state index in [-0.39, 0.29) is 23.9 Å². The highest BCUT2D eigenvalue weighted by molar-refractivity contribution is 7.89. The van der Waals surface area contributed by atoms with Gasteiger partial charge in [-0.05, 0) is 85.3 Å². The summed E-state index contributed by atoms with van der Waals surface area (Å²) in [7, 11) is -3.62. The monoisotopic (exact) mass is 506 g/mol. The summed E-state index contributed by atoms with van der Waals surface area (Å²) in [5, 5.41) is 0. The van der Waals surface area contributed by atoms with E-state index in [9.17, 15) is 13.2 Å². The zero-order valence-electron chi connectivity index (χ0n) is 20.6. The van der Waals surface area contributed by atoms with E-state index in [0.29, 0.717) is 43.4 Å². The fourth-order valence-electron chi connectivity index (χ4n) is 6.07. The smallest absolute Gasteiger partial charge is 0.240 e. The Kier molecular flexibility index (Phi) is 6.48. The minimum absolute atomic E-state index is 0.00687. The predicted molar refractivity (Wildman–Crippen MR) is 140 cm³/mol. The summed E-state index contributed by atoms with van der Waals surface area (Å²) in [5.74, 6) is 0.841. The van der Waals surface area contributed by atoms with Crippen LogP contribution in [0.3, 0.4) is 0 Å². The zero-order chi connectivity index (χ0) is 24.7. The molecule has 6 nitrogen and oxygen atoms in total. The van der Waals surface area contributed by atoms with Crippen molar-refractivity contribution in [1.29, 1.82) is 0 Å². The molecule has 3 fully saturated rings. The number of nitrogens with one attached hydrogen (secondary N) is 1. The van der Waals surface area contributed by atoms with E-state index >= 15 is 0 Å². The molecule has 1 saturated heterocycles. The first-order valence-corrected chi connectivity index (χ1v) is 14.8. The van der Waals surface area contributed by atoms with E-state index in [1.807, 2.05) is 30.3 Å². The summed E-state index contributed by atoms with van der Waals surface area (Å²) in [6, 6.07) is 15.8. The van der Waals surface area contributed by atoms with Crippen molar-refractivity contribution < 1.29 is 17.9 Å². The van der Waals surface area contributed by atoms with Gasteiger partial charge in [-0.3, -0.25) is 4.79 Å². The SMILES string of the molecule is O=C(C1CCC(NS(=O)(=O)c2ccc3c(c2)CC(c2ccccc2)=C3)CC1)N1CCOC[C@@H]1C1CC1. The molecular formula is C29H34N2O4S. The van der Waals surface area contributed by atoms with Crippen molar-refractivity contribution >= 4 is 27.6 Å². The van der Waals surface area contributed by atoms with Crippen LogP contribution in [-0.2, 0) is 26.0 Å². The van der Waals surface area contributed by atoms with Gasteiger partial charge in [0.1, 0.15) is 0 Å². The van der Waals surface area contributed by atoms with Crippen LogP contribution in [0, 0.1) is 11.8 Å². The fraction of sp³-hybridized carbons (Fsp3) is 0.483. The quantitative estimate of drug-likeness (QED) is 0.635. The lowest BCUT2D eigenvalue weighted by atomic mass is 9.85. The first kappa shape index (κ1) is 23.9. The number of rotatable bonds is 6. The van der Waals surface area contributed by atoms with Gasteiger partial charge in [-0.25, -0.2) is 13.1 Å². The van der Waals surface area contributed by atoms with Crippen LogP contribution < -0.4 is 4.72 Å². The molecule has 7 heteroatoms. The van der Waals surface area contributed by atoms with Crippen LogP contribution in [0.15, 0.2) is 53.4 Å². The Labute approximate surface area is 213 Å². The number of ether oxygens (including phenoxy) is 1. The minimum Gasteiger partial charge on any atom is -0.377 e. The Bertz CT molecular complexity index is 1260. The molecule has 2 saturated carbocycles. The highest BCUT2D eigenvalue weighted by atomic mass is 32.2. The summed E-state index contributed by atoms with van der Waals surface area (Å²) >= 11 is 0. The van der Waals surface area contributed by atoms with Gasteiger partial charge in [0, 0.05) is 18.5 Å². The molecule has 6 rings (SSSR count). The van der Waals surface area contributed by atoms with Gasteiger partial charge in [0.25, 0.3) is 0 Å². The number of morpholine rings is 1. The molecule has 2 aromatic rings. The van der Waals surface area contributed by atoms with Crippen LogP contribution >= 0.6 is 0 Å². The lowest BCUT2D eigenvalue weighted by Crippen LogP contribution is -2.52. The number of amides is 1. The lowest BCUT2D eigenvalue weighted by Gasteiger charge is -2.39. The van der Waals surface area contributed by atoms with Crippen molar-refractivity contribution in [2.45, 2.75) is 61.9 Å². The van der Waals surface area contributed by atoms with Gasteiger partial charge in [0.2, 0.25) is 15.9 Å². The van der Waals surface area contributed by atoms with Gasteiger partial charge < -0.3 is 9.64 Å². The first-order chi connectivity index (χ1) is 17.5. The van der Waals surface area contributed by atoms with E-state index in [2.05, 4.69) is 27.8 Å². The van der Waals surface area contributed by atoms with Crippen molar-refractivity contribution in [3.8, 4) is 0 Å². The molecule has 0 radical (unpaired) electrons. The molecule has 36 heavy (non-hydrogen) atoms. The lowest BCUT2D eigenvalue weighted by molar-refractivity contribution is -0.146. The van der Waals surface area contributed by atoms with Crippen molar-refractivity contribution in [2.75, 3.05) is 19.8 Å². The Hall–Kier alpha value is -2.48. The molecule has 1 atom stereocenters. The zero-order valence-corrected chi connectivity index (χ0v) is 21.4. The van der Waals surface area contributed by atoms with E-state index in [1.165, 1.54) is 24.0 Å². The summed E-state index contributed by atoms with van der Waals surface area (Å²) in [6.07, 6.45) is 8.12. The fourth-order valence-corrected chi connectivity index (χ4v) is 7.43. The van der Waals surface area contributed by atoms with Crippen LogP contribution in [0.1, 0.15) is 55.2 Å². The molecule has 0 spiro atoms. The molecule has 0 unspecified atom stereocenters. The second-order valence-corrected chi connectivity index (χ2v) is 12.5. The second-order valence-electron chi connectivity index (χ2n) is 10.8. The van der Waals surface area contributed by atoms with Gasteiger partial charge in [-0.15, -0.1) is 0 Å². The predicted octanol–water partition coefficient (Wildman–Crippen LogP) is 4.26. The maximum Gasteiger partial charge on any atom is 0.240 e. The van der Waals surface area contributed by atoms with Crippen molar-refractivity contribution in [3.05, 3.63) is 65.2 Å². The van der Waals surface area contributed by atoms with Crippen LogP contribution in [-0.4, -0.2) is 51.1 Å². The molecule has 3 aliphatic carbocycles. The van der Waals surface area contributed by atoms with Gasteiger partial charge in [0.15, 0.2) is 0 Å². The molecule has 0 bridgehead atoms. The van der Waals surface area contributed by atoms with Gasteiger partial charge in [0.05, 0.1) is 24.2 Å². The van der Waals surface area contributed by atoms with E-state index < -0.39 is 10.0 Å².